The molecule has 5 nitrogen and oxygen atoms in total. The van der Waals surface area contributed by atoms with Crippen LogP contribution in [0.4, 0.5) is 0 Å². The van der Waals surface area contributed by atoms with Crippen molar-refractivity contribution in [3.63, 3.8) is 0 Å². The number of likely N-dealkylation sites (tertiary alicyclic amines) is 1. The Bertz CT molecular complexity index is 548. The molecule has 1 aromatic heterocycles. The number of amides is 1. The third kappa shape index (κ3) is 3.59. The summed E-state index contributed by atoms with van der Waals surface area (Å²) >= 11 is 1.74. The third-order valence-corrected chi connectivity index (χ3v) is 6.42. The van der Waals surface area contributed by atoms with Crippen molar-refractivity contribution in [3.8, 4) is 0 Å². The molecule has 1 N–H and O–H groups in total. The summed E-state index contributed by atoms with van der Waals surface area (Å²) in [7, 11) is 1.67. The first kappa shape index (κ1) is 16.9. The second-order valence-electron chi connectivity index (χ2n) is 6.91. The van der Waals surface area contributed by atoms with E-state index in [0.29, 0.717) is 13.2 Å². The highest BCUT2D eigenvalue weighted by Gasteiger charge is 2.50. The van der Waals surface area contributed by atoms with E-state index in [1.165, 1.54) is 17.7 Å². The highest BCUT2D eigenvalue weighted by Crippen LogP contribution is 2.50. The molecule has 2 fully saturated rings. The summed E-state index contributed by atoms with van der Waals surface area (Å²) in [5.41, 5.74) is 3.27. The second-order valence-corrected chi connectivity index (χ2v) is 7.85. The van der Waals surface area contributed by atoms with Gasteiger partial charge in [0, 0.05) is 37.5 Å². The molecule has 0 aromatic carbocycles. The Balaban J connectivity index is 1.60. The Morgan fingerprint density at radius 3 is 3.17 bits per heavy atom. The monoisotopic (exact) mass is 337 g/mol. The van der Waals surface area contributed by atoms with Gasteiger partial charge in [0.05, 0.1) is 17.8 Å². The average Bonchev–Trinajstić information content (AvgIpc) is 3.23. The van der Waals surface area contributed by atoms with E-state index in [2.05, 4.69) is 22.1 Å². The molecule has 2 aliphatic rings. The maximum Gasteiger partial charge on any atom is 0.223 e. The van der Waals surface area contributed by atoms with Gasteiger partial charge in [0.2, 0.25) is 5.91 Å². The summed E-state index contributed by atoms with van der Waals surface area (Å²) in [5.74, 6) is 0.405. The number of nitrogens with zero attached hydrogens (tertiary/aromatic N) is 2. The molecule has 0 radical (unpaired) electrons. The lowest BCUT2D eigenvalue weighted by molar-refractivity contribution is -0.128. The highest BCUT2D eigenvalue weighted by molar-refractivity contribution is 7.09. The molecule has 1 saturated carbocycles. The highest BCUT2D eigenvalue weighted by atomic mass is 32.1. The van der Waals surface area contributed by atoms with Crippen LogP contribution in [0.5, 0.6) is 0 Å². The standard InChI is InChI=1S/C17H27N3O2S/c1-13-15(23-12-19-13)10-20-8-6-17(11-20)5-3-4-14(17)16(21)18-7-9-22-2/h12,14H,3-11H2,1-2H3,(H,18,21)/t14-,17+/m0/s1. The molecule has 23 heavy (non-hydrogen) atoms. The number of carbonyl (C=O) groups is 1. The van der Waals surface area contributed by atoms with E-state index in [0.717, 1.165) is 38.2 Å². The van der Waals surface area contributed by atoms with E-state index in [1.54, 1.807) is 18.4 Å². The van der Waals surface area contributed by atoms with Gasteiger partial charge in [-0.1, -0.05) is 6.42 Å². The fraction of sp³-hybridized carbons (Fsp3) is 0.765. The summed E-state index contributed by atoms with van der Waals surface area (Å²) in [6.07, 6.45) is 4.54. The zero-order valence-corrected chi connectivity index (χ0v) is 15.0. The lowest BCUT2D eigenvalue weighted by atomic mass is 9.76. The molecule has 0 bridgehead atoms. The van der Waals surface area contributed by atoms with Crippen LogP contribution in [0.15, 0.2) is 5.51 Å². The first-order chi connectivity index (χ1) is 11.1. The minimum absolute atomic E-state index is 0.173. The Kier molecular flexibility index (Phi) is 5.34. The van der Waals surface area contributed by atoms with Crippen LogP contribution in [0.3, 0.4) is 0 Å². The van der Waals surface area contributed by atoms with E-state index in [1.807, 2.05) is 5.51 Å². The zero-order valence-electron chi connectivity index (χ0n) is 14.1. The molecule has 1 spiro atoms. The quantitative estimate of drug-likeness (QED) is 0.809. The number of carbonyl (C=O) groups excluding carboxylic acids is 1. The van der Waals surface area contributed by atoms with Gasteiger partial charge in [-0.15, -0.1) is 11.3 Å². The molecule has 2 heterocycles. The van der Waals surface area contributed by atoms with Gasteiger partial charge in [-0.25, -0.2) is 4.98 Å². The van der Waals surface area contributed by atoms with Gasteiger partial charge in [0.1, 0.15) is 0 Å². The van der Waals surface area contributed by atoms with Crippen molar-refractivity contribution in [1.29, 1.82) is 0 Å². The lowest BCUT2D eigenvalue weighted by Crippen LogP contribution is -2.41. The molecule has 1 amide bonds. The molecule has 3 rings (SSSR count). The largest absolute Gasteiger partial charge is 0.383 e. The number of aromatic nitrogens is 1. The third-order valence-electron chi connectivity index (χ3n) is 5.51. The van der Waals surface area contributed by atoms with E-state index < -0.39 is 0 Å². The van der Waals surface area contributed by atoms with Crippen molar-refractivity contribution in [2.24, 2.45) is 11.3 Å². The van der Waals surface area contributed by atoms with Crippen LogP contribution in [-0.2, 0) is 16.1 Å². The summed E-state index contributed by atoms with van der Waals surface area (Å²) in [6, 6.07) is 0. The van der Waals surface area contributed by atoms with Gasteiger partial charge >= 0.3 is 0 Å². The predicted molar refractivity (Wildman–Crippen MR) is 91.4 cm³/mol. The van der Waals surface area contributed by atoms with Crippen LogP contribution in [0, 0.1) is 18.3 Å². The number of rotatable bonds is 6. The van der Waals surface area contributed by atoms with Crippen LogP contribution in [0.25, 0.3) is 0 Å². The van der Waals surface area contributed by atoms with Crippen molar-refractivity contribution in [1.82, 2.24) is 15.2 Å². The summed E-state index contributed by atoms with van der Waals surface area (Å²) < 4.78 is 5.03. The van der Waals surface area contributed by atoms with Gasteiger partial charge in [0.25, 0.3) is 0 Å². The average molecular weight is 337 g/mol. The molecule has 1 saturated heterocycles. The Morgan fingerprint density at radius 1 is 1.57 bits per heavy atom. The molecule has 1 aliphatic carbocycles. The van der Waals surface area contributed by atoms with Gasteiger partial charge < -0.3 is 10.1 Å². The smallest absolute Gasteiger partial charge is 0.223 e. The summed E-state index contributed by atoms with van der Waals surface area (Å²) in [6.45, 7) is 6.41. The normalized spacial score (nSPS) is 27.8. The molecule has 0 unspecified atom stereocenters. The van der Waals surface area contributed by atoms with Crippen LogP contribution >= 0.6 is 11.3 Å². The number of aryl methyl sites for hydroxylation is 1. The van der Waals surface area contributed by atoms with Crippen molar-refractivity contribution < 1.29 is 9.53 Å². The summed E-state index contributed by atoms with van der Waals surface area (Å²) in [4.78, 5) is 20.8. The topological polar surface area (TPSA) is 54.5 Å². The number of nitrogens with one attached hydrogen (secondary N) is 1. The SMILES string of the molecule is COCCNC(=O)[C@@H]1CCC[C@]12CCN(Cc1scnc1C)C2. The lowest BCUT2D eigenvalue weighted by Gasteiger charge is -2.30. The predicted octanol–water partition coefficient (Wildman–Crippen LogP) is 2.21. The van der Waals surface area contributed by atoms with Crippen LogP contribution < -0.4 is 5.32 Å². The first-order valence-electron chi connectivity index (χ1n) is 8.52. The van der Waals surface area contributed by atoms with Crippen molar-refractivity contribution in [3.05, 3.63) is 16.1 Å². The molecular weight excluding hydrogens is 310 g/mol. The fourth-order valence-corrected chi connectivity index (χ4v) is 5.05. The second kappa shape index (κ2) is 7.28. The summed E-state index contributed by atoms with van der Waals surface area (Å²) in [5, 5.41) is 3.06. The van der Waals surface area contributed by atoms with Crippen LogP contribution in [-0.4, -0.2) is 49.1 Å². The van der Waals surface area contributed by atoms with Gasteiger partial charge in [0.15, 0.2) is 0 Å². The maximum atomic E-state index is 12.6. The van der Waals surface area contributed by atoms with E-state index >= 15 is 0 Å². The Labute approximate surface area is 142 Å². The van der Waals surface area contributed by atoms with E-state index in [-0.39, 0.29) is 17.2 Å². The minimum atomic E-state index is 0.173. The van der Waals surface area contributed by atoms with Gasteiger partial charge in [-0.05, 0) is 38.1 Å². The number of methoxy groups -OCH3 is 1. The minimum Gasteiger partial charge on any atom is -0.383 e. The zero-order chi connectivity index (χ0) is 16.3. The first-order valence-corrected chi connectivity index (χ1v) is 9.40. The number of thiazole rings is 1. The van der Waals surface area contributed by atoms with Crippen molar-refractivity contribution in [2.45, 2.75) is 39.2 Å². The number of hydrogen-bond donors (Lipinski definition) is 1. The molecule has 6 heteroatoms. The van der Waals surface area contributed by atoms with Crippen molar-refractivity contribution in [2.75, 3.05) is 33.4 Å². The number of hydrogen-bond acceptors (Lipinski definition) is 5. The Hall–Kier alpha value is -0.980. The van der Waals surface area contributed by atoms with Gasteiger partial charge in [-0.2, -0.15) is 0 Å². The molecule has 128 valence electrons. The van der Waals surface area contributed by atoms with Gasteiger partial charge in [-0.3, -0.25) is 9.69 Å². The molecule has 1 aliphatic heterocycles. The van der Waals surface area contributed by atoms with E-state index in [9.17, 15) is 4.79 Å². The molecular formula is C17H27N3O2S. The van der Waals surface area contributed by atoms with Crippen molar-refractivity contribution >= 4 is 17.2 Å². The number of ether oxygens (including phenoxy) is 1. The van der Waals surface area contributed by atoms with E-state index in [4.69, 9.17) is 4.74 Å². The van der Waals surface area contributed by atoms with Crippen LogP contribution in [0.2, 0.25) is 0 Å². The Morgan fingerprint density at radius 2 is 2.43 bits per heavy atom. The molecule has 1 aromatic rings. The maximum absolute atomic E-state index is 12.6. The molecule has 2 atom stereocenters. The fourth-order valence-electron chi connectivity index (χ4n) is 4.24. The van der Waals surface area contributed by atoms with Crippen LogP contribution in [0.1, 0.15) is 36.3 Å².